The van der Waals surface area contributed by atoms with Crippen LogP contribution in [0.3, 0.4) is 0 Å². The zero-order valence-corrected chi connectivity index (χ0v) is 22.6. The highest BCUT2D eigenvalue weighted by Gasteiger charge is 2.27. The number of benzene rings is 4. The van der Waals surface area contributed by atoms with Gasteiger partial charge in [0.05, 0.1) is 7.11 Å². The normalized spacial score (nSPS) is 13.2. The third-order valence-electron chi connectivity index (χ3n) is 5.78. The van der Waals surface area contributed by atoms with Crippen LogP contribution in [0.4, 0.5) is 0 Å². The van der Waals surface area contributed by atoms with Gasteiger partial charge >= 0.3 is 0 Å². The lowest BCUT2D eigenvalue weighted by Crippen LogP contribution is -2.13. The fourth-order valence-electron chi connectivity index (χ4n) is 4.19. The molecule has 0 aliphatic carbocycles. The Balaban J connectivity index is 2.35. The first-order chi connectivity index (χ1) is 13.4. The molecule has 0 heterocycles. The molecule has 0 spiro atoms. The van der Waals surface area contributed by atoms with Crippen molar-refractivity contribution in [3.05, 3.63) is 48.8 Å². The van der Waals surface area contributed by atoms with E-state index in [4.69, 9.17) is 4.74 Å². The Kier molecular flexibility index (Phi) is 5.04. The van der Waals surface area contributed by atoms with E-state index >= 15 is 0 Å². The van der Waals surface area contributed by atoms with Crippen LogP contribution in [0, 0.1) is 0 Å². The fraction of sp³-hybridized carbons (Fsp3) is 0.360. The van der Waals surface area contributed by atoms with Crippen LogP contribution in [-0.2, 0) is 10.8 Å². The summed E-state index contributed by atoms with van der Waals surface area (Å²) in [7, 11) is 1.78. The number of hydrogen-bond acceptors (Lipinski definition) is 1. The monoisotopic (exact) mass is 578 g/mol. The molecule has 0 aliphatic heterocycles. The molecule has 0 unspecified atom stereocenters. The number of rotatable bonds is 1. The Morgan fingerprint density at radius 2 is 1.17 bits per heavy atom. The van der Waals surface area contributed by atoms with Gasteiger partial charge in [-0.25, -0.2) is 0 Å². The van der Waals surface area contributed by atoms with Gasteiger partial charge in [0, 0.05) is 29.8 Å². The van der Waals surface area contributed by atoms with Crippen molar-refractivity contribution in [2.24, 2.45) is 0 Å². The summed E-state index contributed by atoms with van der Waals surface area (Å²) in [6, 6.07) is 9.17. The molecule has 0 saturated carbocycles. The zero-order chi connectivity index (χ0) is 21.5. The third kappa shape index (κ3) is 3.21. The lowest BCUT2D eigenvalue weighted by Gasteiger charge is -2.27. The Labute approximate surface area is 197 Å². The van der Waals surface area contributed by atoms with E-state index in [0.29, 0.717) is 0 Å². The molecule has 1 nitrogen and oxygen atoms in total. The van der Waals surface area contributed by atoms with Crippen LogP contribution >= 0.6 is 47.8 Å². The second kappa shape index (κ2) is 6.83. The van der Waals surface area contributed by atoms with Crippen LogP contribution in [0.15, 0.2) is 37.7 Å². The first-order valence-electron chi connectivity index (χ1n) is 9.74. The molecular formula is C25H25Br3O. The van der Waals surface area contributed by atoms with E-state index in [1.807, 2.05) is 0 Å². The van der Waals surface area contributed by atoms with Crippen molar-refractivity contribution in [3.8, 4) is 5.75 Å². The summed E-state index contributed by atoms with van der Waals surface area (Å²) in [5, 5.41) is 7.35. The third-order valence-corrected chi connectivity index (χ3v) is 8.61. The SMILES string of the molecule is COc1c(C(C)(C)C)cc2c(Br)c(Br)c3cc(C(C)(C)C)cc4c(Br)cc1c2c43. The second-order valence-electron chi connectivity index (χ2n) is 9.86. The molecule has 29 heavy (non-hydrogen) atoms. The average molecular weight is 581 g/mol. The topological polar surface area (TPSA) is 9.23 Å². The summed E-state index contributed by atoms with van der Waals surface area (Å²) < 4.78 is 9.28. The standard InChI is InChI=1S/C25H25Br3O/c1-24(2,3)12-8-13-18(26)11-16-20-15(10-17(23(16)29-7)25(4,5)6)22(28)21(27)14(9-12)19(13)20/h8-11H,1-7H3. The second-order valence-corrected chi connectivity index (χ2v) is 12.3. The van der Waals surface area contributed by atoms with Gasteiger partial charge in [-0.15, -0.1) is 0 Å². The maximum absolute atomic E-state index is 5.98. The molecule has 4 aromatic carbocycles. The van der Waals surface area contributed by atoms with Gasteiger partial charge in [-0.1, -0.05) is 57.5 Å². The van der Waals surface area contributed by atoms with Gasteiger partial charge in [-0.3, -0.25) is 0 Å². The summed E-state index contributed by atoms with van der Waals surface area (Å²) >= 11 is 11.7. The van der Waals surface area contributed by atoms with Crippen LogP contribution in [-0.4, -0.2) is 7.11 Å². The van der Waals surface area contributed by atoms with Gasteiger partial charge in [0.2, 0.25) is 0 Å². The minimum atomic E-state index is -0.0341. The van der Waals surface area contributed by atoms with Gasteiger partial charge in [-0.2, -0.15) is 0 Å². The molecule has 0 aromatic heterocycles. The van der Waals surface area contributed by atoms with Gasteiger partial charge in [0.25, 0.3) is 0 Å². The van der Waals surface area contributed by atoms with Crippen molar-refractivity contribution in [1.29, 1.82) is 0 Å². The molecule has 0 amide bonds. The summed E-state index contributed by atoms with van der Waals surface area (Å²) in [6.07, 6.45) is 0. The molecule has 0 aliphatic rings. The number of methoxy groups -OCH3 is 1. The van der Waals surface area contributed by atoms with E-state index in [0.717, 1.165) is 24.6 Å². The Morgan fingerprint density at radius 1 is 0.655 bits per heavy atom. The minimum absolute atomic E-state index is 0.0341. The largest absolute Gasteiger partial charge is 0.496 e. The van der Waals surface area contributed by atoms with E-state index in [1.165, 1.54) is 38.1 Å². The Morgan fingerprint density at radius 3 is 1.69 bits per heavy atom. The summed E-state index contributed by atoms with van der Waals surface area (Å²) in [5.74, 6) is 0.961. The van der Waals surface area contributed by atoms with Crippen LogP contribution in [0.5, 0.6) is 5.75 Å². The predicted molar refractivity (Wildman–Crippen MR) is 137 cm³/mol. The quantitative estimate of drug-likeness (QED) is 0.204. The summed E-state index contributed by atoms with van der Waals surface area (Å²) in [6.45, 7) is 13.5. The Hall–Kier alpha value is -0.840. The van der Waals surface area contributed by atoms with Gasteiger partial charge in [0.15, 0.2) is 0 Å². The Bertz CT molecular complexity index is 1270. The molecule has 0 saturated heterocycles. The van der Waals surface area contributed by atoms with Crippen molar-refractivity contribution >= 4 is 80.1 Å². The highest BCUT2D eigenvalue weighted by Crippen LogP contribution is 2.51. The van der Waals surface area contributed by atoms with Crippen molar-refractivity contribution in [2.45, 2.75) is 52.4 Å². The van der Waals surface area contributed by atoms with Gasteiger partial charge < -0.3 is 4.74 Å². The van der Waals surface area contributed by atoms with Gasteiger partial charge in [0.1, 0.15) is 5.75 Å². The predicted octanol–water partition coefficient (Wildman–Crippen LogP) is 9.48. The van der Waals surface area contributed by atoms with Crippen molar-refractivity contribution in [1.82, 2.24) is 0 Å². The first kappa shape index (κ1) is 21.4. The first-order valence-corrected chi connectivity index (χ1v) is 12.1. The number of hydrogen-bond donors (Lipinski definition) is 0. The van der Waals surface area contributed by atoms with Crippen LogP contribution < -0.4 is 4.74 Å². The molecule has 4 aromatic rings. The lowest BCUT2D eigenvalue weighted by atomic mass is 9.80. The molecule has 4 rings (SSSR count). The molecule has 0 N–H and O–H groups in total. The average Bonchev–Trinajstić information content (AvgIpc) is 2.62. The number of halogens is 3. The van der Waals surface area contributed by atoms with E-state index in [2.05, 4.69) is 114 Å². The van der Waals surface area contributed by atoms with E-state index < -0.39 is 0 Å². The molecular weight excluding hydrogens is 556 g/mol. The number of ether oxygens (including phenoxy) is 1. The molecule has 0 bridgehead atoms. The van der Waals surface area contributed by atoms with Crippen LogP contribution in [0.2, 0.25) is 0 Å². The maximum atomic E-state index is 5.98. The minimum Gasteiger partial charge on any atom is -0.496 e. The van der Waals surface area contributed by atoms with E-state index in [1.54, 1.807) is 7.11 Å². The highest BCUT2D eigenvalue weighted by molar-refractivity contribution is 9.13. The molecule has 152 valence electrons. The summed E-state index contributed by atoms with van der Waals surface area (Å²) in [4.78, 5) is 0. The van der Waals surface area contributed by atoms with E-state index in [9.17, 15) is 0 Å². The van der Waals surface area contributed by atoms with Crippen molar-refractivity contribution in [2.75, 3.05) is 7.11 Å². The molecule has 0 atom stereocenters. The maximum Gasteiger partial charge on any atom is 0.130 e. The molecule has 4 heteroatoms. The van der Waals surface area contributed by atoms with Crippen LogP contribution in [0.25, 0.3) is 32.3 Å². The molecule has 0 radical (unpaired) electrons. The lowest BCUT2D eigenvalue weighted by molar-refractivity contribution is 0.403. The smallest absolute Gasteiger partial charge is 0.130 e. The van der Waals surface area contributed by atoms with Gasteiger partial charge in [-0.05, 0) is 94.1 Å². The summed E-state index contributed by atoms with van der Waals surface area (Å²) in [5.41, 5.74) is 2.56. The highest BCUT2D eigenvalue weighted by atomic mass is 79.9. The van der Waals surface area contributed by atoms with Crippen molar-refractivity contribution < 1.29 is 4.74 Å². The fourth-order valence-corrected chi connectivity index (χ4v) is 5.78. The zero-order valence-electron chi connectivity index (χ0n) is 17.9. The molecule has 0 fully saturated rings. The van der Waals surface area contributed by atoms with Crippen LogP contribution in [0.1, 0.15) is 52.7 Å². The van der Waals surface area contributed by atoms with Crippen molar-refractivity contribution in [3.63, 3.8) is 0 Å². The van der Waals surface area contributed by atoms with E-state index in [-0.39, 0.29) is 10.8 Å².